The lowest BCUT2D eigenvalue weighted by molar-refractivity contribution is 0.102. The van der Waals surface area contributed by atoms with Gasteiger partial charge >= 0.3 is 6.08 Å². The lowest BCUT2D eigenvalue weighted by Crippen LogP contribution is -2.20. The zero-order chi connectivity index (χ0) is 21.0. The Morgan fingerprint density at radius 1 is 1.31 bits per heavy atom. The molecule has 1 aromatic heterocycles. The molecule has 29 heavy (non-hydrogen) atoms. The quantitative estimate of drug-likeness (QED) is 0.673. The average Bonchev–Trinajstić information content (AvgIpc) is 2.68. The first-order valence-corrected chi connectivity index (χ1v) is 10.1. The maximum absolute atomic E-state index is 13.3. The first kappa shape index (κ1) is 21.0. The van der Waals surface area contributed by atoms with Crippen molar-refractivity contribution in [2.45, 2.75) is 46.5 Å². The molecular formula is C23H29FN4O. The largest absolute Gasteiger partial charge is 0.375 e. The second kappa shape index (κ2) is 8.72. The SMILES string of the molecule is CCCN(C)c1ccc(NC(=O)c2ccnc(F)n2)c(C2=CCC(C)(C)CC2)c1. The minimum absolute atomic E-state index is 0.00869. The van der Waals surface area contributed by atoms with Gasteiger partial charge in [-0.1, -0.05) is 26.8 Å². The molecule has 154 valence electrons. The number of carbonyl (C=O) groups excluding carboxylic acids is 1. The fourth-order valence-corrected chi connectivity index (χ4v) is 3.58. The van der Waals surface area contributed by atoms with Crippen molar-refractivity contribution in [1.82, 2.24) is 9.97 Å². The molecule has 5 nitrogen and oxygen atoms in total. The highest BCUT2D eigenvalue weighted by Gasteiger charge is 2.24. The number of carbonyl (C=O) groups is 1. The van der Waals surface area contributed by atoms with Gasteiger partial charge in [-0.15, -0.1) is 0 Å². The van der Waals surface area contributed by atoms with E-state index in [9.17, 15) is 9.18 Å². The minimum Gasteiger partial charge on any atom is -0.375 e. The fourth-order valence-electron chi connectivity index (χ4n) is 3.58. The van der Waals surface area contributed by atoms with Gasteiger partial charge in [0.05, 0.1) is 0 Å². The van der Waals surface area contributed by atoms with E-state index < -0.39 is 12.0 Å². The summed E-state index contributed by atoms with van der Waals surface area (Å²) >= 11 is 0. The number of amides is 1. The van der Waals surface area contributed by atoms with Gasteiger partial charge in [-0.25, -0.2) is 4.98 Å². The third kappa shape index (κ3) is 5.19. The maximum Gasteiger partial charge on any atom is 0.309 e. The summed E-state index contributed by atoms with van der Waals surface area (Å²) in [6.07, 6.45) is 6.72. The Hall–Kier alpha value is -2.76. The number of aromatic nitrogens is 2. The van der Waals surface area contributed by atoms with Crippen molar-refractivity contribution in [3.8, 4) is 0 Å². The summed E-state index contributed by atoms with van der Waals surface area (Å²) in [6.45, 7) is 7.66. The monoisotopic (exact) mass is 396 g/mol. The topological polar surface area (TPSA) is 58.1 Å². The predicted octanol–water partition coefficient (Wildman–Crippen LogP) is 5.31. The van der Waals surface area contributed by atoms with E-state index in [-0.39, 0.29) is 5.69 Å². The summed E-state index contributed by atoms with van der Waals surface area (Å²) in [7, 11) is 2.07. The van der Waals surface area contributed by atoms with E-state index in [1.807, 2.05) is 12.1 Å². The van der Waals surface area contributed by atoms with Crippen LogP contribution in [0.2, 0.25) is 0 Å². The van der Waals surface area contributed by atoms with E-state index >= 15 is 0 Å². The molecule has 1 amide bonds. The van der Waals surface area contributed by atoms with Gasteiger partial charge in [0.2, 0.25) is 0 Å². The first-order chi connectivity index (χ1) is 13.8. The summed E-state index contributed by atoms with van der Waals surface area (Å²) in [5.41, 5.74) is 4.38. The molecule has 0 radical (unpaired) electrons. The highest BCUT2D eigenvalue weighted by atomic mass is 19.1. The Morgan fingerprint density at radius 3 is 2.76 bits per heavy atom. The third-order valence-corrected chi connectivity index (χ3v) is 5.43. The van der Waals surface area contributed by atoms with Gasteiger partial charge < -0.3 is 10.2 Å². The van der Waals surface area contributed by atoms with Gasteiger partial charge in [0.15, 0.2) is 0 Å². The lowest BCUT2D eigenvalue weighted by Gasteiger charge is -2.30. The maximum atomic E-state index is 13.3. The summed E-state index contributed by atoms with van der Waals surface area (Å²) < 4.78 is 13.3. The van der Waals surface area contributed by atoms with Gasteiger partial charge in [-0.2, -0.15) is 9.37 Å². The van der Waals surface area contributed by atoms with Crippen LogP contribution in [0.3, 0.4) is 0 Å². The molecule has 0 unspecified atom stereocenters. The number of nitrogens with zero attached hydrogens (tertiary/aromatic N) is 3. The normalized spacial score (nSPS) is 15.6. The molecule has 1 aliphatic rings. The van der Waals surface area contributed by atoms with Crippen molar-refractivity contribution >= 4 is 22.9 Å². The Morgan fingerprint density at radius 2 is 2.10 bits per heavy atom. The van der Waals surface area contributed by atoms with Crippen molar-refractivity contribution < 1.29 is 9.18 Å². The number of benzene rings is 1. The third-order valence-electron chi connectivity index (χ3n) is 5.43. The smallest absolute Gasteiger partial charge is 0.309 e. The standard InChI is InChI=1S/C23H29FN4O/c1-5-14-28(4)17-6-7-19(26-21(29)20-10-13-25-22(24)27-20)18(15-17)16-8-11-23(2,3)12-9-16/h6-8,10,13,15H,5,9,11-12,14H2,1-4H3,(H,26,29). The molecular weight excluding hydrogens is 367 g/mol. The Bertz CT molecular complexity index is 923. The van der Waals surface area contributed by atoms with Gasteiger partial charge in [0.1, 0.15) is 5.69 Å². The lowest BCUT2D eigenvalue weighted by atomic mass is 9.77. The summed E-state index contributed by atoms with van der Waals surface area (Å²) in [4.78, 5) is 21.8. The fraction of sp³-hybridized carbons (Fsp3) is 0.435. The van der Waals surface area contributed by atoms with Crippen LogP contribution in [0.15, 0.2) is 36.5 Å². The number of nitrogens with one attached hydrogen (secondary N) is 1. The molecule has 0 saturated heterocycles. The van der Waals surface area contributed by atoms with E-state index in [0.29, 0.717) is 11.1 Å². The molecule has 2 aromatic rings. The van der Waals surface area contributed by atoms with Crippen LogP contribution >= 0.6 is 0 Å². The van der Waals surface area contributed by atoms with Crippen molar-refractivity contribution in [1.29, 1.82) is 0 Å². The molecule has 0 aliphatic heterocycles. The zero-order valence-electron chi connectivity index (χ0n) is 17.6. The number of hydrogen-bond acceptors (Lipinski definition) is 4. The Labute approximate surface area is 172 Å². The Balaban J connectivity index is 1.95. The number of rotatable bonds is 6. The van der Waals surface area contributed by atoms with Gasteiger partial charge in [-0.3, -0.25) is 4.79 Å². The van der Waals surface area contributed by atoms with Gasteiger partial charge in [-0.05, 0) is 60.9 Å². The summed E-state index contributed by atoms with van der Waals surface area (Å²) in [6, 6.07) is 7.47. The number of allylic oxidation sites excluding steroid dienone is 2. The summed E-state index contributed by atoms with van der Waals surface area (Å²) in [5, 5.41) is 2.91. The van der Waals surface area contributed by atoms with E-state index in [4.69, 9.17) is 0 Å². The van der Waals surface area contributed by atoms with Crippen molar-refractivity contribution in [3.05, 3.63) is 53.9 Å². The molecule has 0 bridgehead atoms. The molecule has 0 atom stereocenters. The zero-order valence-corrected chi connectivity index (χ0v) is 17.6. The van der Waals surface area contributed by atoms with Crippen LogP contribution in [-0.4, -0.2) is 29.5 Å². The molecule has 0 saturated carbocycles. The van der Waals surface area contributed by atoms with Gasteiger partial charge in [0, 0.05) is 36.7 Å². The number of halogens is 1. The van der Waals surface area contributed by atoms with E-state index in [0.717, 1.165) is 43.5 Å². The minimum atomic E-state index is -0.911. The van der Waals surface area contributed by atoms with Crippen molar-refractivity contribution in [2.75, 3.05) is 23.8 Å². The first-order valence-electron chi connectivity index (χ1n) is 10.1. The molecule has 6 heteroatoms. The van der Waals surface area contributed by atoms with Crippen molar-refractivity contribution in [3.63, 3.8) is 0 Å². The predicted molar refractivity (Wildman–Crippen MR) is 116 cm³/mol. The molecule has 3 rings (SSSR count). The molecule has 1 heterocycles. The van der Waals surface area contributed by atoms with Gasteiger partial charge in [0.25, 0.3) is 5.91 Å². The number of hydrogen-bond donors (Lipinski definition) is 1. The highest BCUT2D eigenvalue weighted by Crippen LogP contribution is 2.40. The average molecular weight is 397 g/mol. The van der Waals surface area contributed by atoms with Crippen LogP contribution in [0.4, 0.5) is 15.8 Å². The van der Waals surface area contributed by atoms with Crippen LogP contribution in [0, 0.1) is 11.5 Å². The molecule has 0 spiro atoms. The molecule has 1 aromatic carbocycles. The van der Waals surface area contributed by atoms with Crippen molar-refractivity contribution in [2.24, 2.45) is 5.41 Å². The van der Waals surface area contributed by atoms with Crippen LogP contribution in [0.25, 0.3) is 5.57 Å². The van der Waals surface area contributed by atoms with E-state index in [1.54, 1.807) is 0 Å². The number of anilines is 2. The van der Waals surface area contributed by atoms with Crippen LogP contribution in [0.1, 0.15) is 62.5 Å². The van der Waals surface area contributed by atoms with E-state index in [2.05, 4.69) is 60.1 Å². The van der Waals surface area contributed by atoms with Crippen LogP contribution < -0.4 is 10.2 Å². The molecule has 1 aliphatic carbocycles. The second-order valence-corrected chi connectivity index (χ2v) is 8.41. The van der Waals surface area contributed by atoms with Crippen LogP contribution in [0.5, 0.6) is 0 Å². The molecule has 1 N–H and O–H groups in total. The summed E-state index contributed by atoms with van der Waals surface area (Å²) in [5.74, 6) is -0.445. The Kier molecular flexibility index (Phi) is 6.30. The molecule has 0 fully saturated rings. The van der Waals surface area contributed by atoms with E-state index in [1.165, 1.54) is 17.8 Å². The van der Waals surface area contributed by atoms with Crippen LogP contribution in [-0.2, 0) is 0 Å². The second-order valence-electron chi connectivity index (χ2n) is 8.41. The highest BCUT2D eigenvalue weighted by molar-refractivity contribution is 6.04.